The van der Waals surface area contributed by atoms with E-state index in [1.165, 1.54) is 51.7 Å². The van der Waals surface area contributed by atoms with Crippen LogP contribution in [-0.2, 0) is 0 Å². The first kappa shape index (κ1) is 13.4. The molecule has 1 saturated carbocycles. The number of hydrogen-bond acceptors (Lipinski definition) is 2. The third-order valence-corrected chi connectivity index (χ3v) is 5.03. The SMILES string of the molecule is CC(N)C1CCN(CC2CCC(C)(C)CC2)C1. The highest BCUT2D eigenvalue weighted by Crippen LogP contribution is 2.38. The molecule has 0 bridgehead atoms. The fourth-order valence-corrected chi connectivity index (χ4v) is 3.46. The maximum absolute atomic E-state index is 6.00. The van der Waals surface area contributed by atoms with Gasteiger partial charge in [-0.25, -0.2) is 0 Å². The number of hydrogen-bond donors (Lipinski definition) is 1. The Morgan fingerprint density at radius 2 is 1.88 bits per heavy atom. The molecule has 1 saturated heterocycles. The summed E-state index contributed by atoms with van der Waals surface area (Å²) < 4.78 is 0. The predicted octanol–water partition coefficient (Wildman–Crippen LogP) is 2.87. The quantitative estimate of drug-likeness (QED) is 0.819. The molecule has 0 spiro atoms. The molecule has 2 rings (SSSR count). The Balaban J connectivity index is 1.72. The molecule has 1 aliphatic carbocycles. The molecule has 0 amide bonds. The van der Waals surface area contributed by atoms with Crippen molar-refractivity contribution in [2.75, 3.05) is 19.6 Å². The van der Waals surface area contributed by atoms with Crippen molar-refractivity contribution in [3.63, 3.8) is 0 Å². The van der Waals surface area contributed by atoms with Crippen molar-refractivity contribution >= 4 is 0 Å². The Morgan fingerprint density at radius 1 is 1.24 bits per heavy atom. The van der Waals surface area contributed by atoms with E-state index in [9.17, 15) is 0 Å². The second kappa shape index (κ2) is 5.27. The summed E-state index contributed by atoms with van der Waals surface area (Å²) in [5.74, 6) is 1.70. The largest absolute Gasteiger partial charge is 0.328 e. The van der Waals surface area contributed by atoms with Crippen molar-refractivity contribution in [2.45, 2.75) is 58.9 Å². The van der Waals surface area contributed by atoms with Gasteiger partial charge < -0.3 is 10.6 Å². The number of rotatable bonds is 3. The van der Waals surface area contributed by atoms with Crippen LogP contribution in [0.15, 0.2) is 0 Å². The van der Waals surface area contributed by atoms with Crippen molar-refractivity contribution in [3.05, 3.63) is 0 Å². The summed E-state index contributed by atoms with van der Waals surface area (Å²) in [6, 6.07) is 0.380. The molecule has 100 valence electrons. The molecule has 0 radical (unpaired) electrons. The standard InChI is InChI=1S/C15H30N2/c1-12(16)14-6-9-17(11-14)10-13-4-7-15(2,3)8-5-13/h12-14H,4-11,16H2,1-3H3. The molecule has 2 unspecified atom stereocenters. The average Bonchev–Trinajstić information content (AvgIpc) is 2.70. The zero-order valence-electron chi connectivity index (χ0n) is 11.9. The first-order chi connectivity index (χ1) is 7.96. The molecule has 17 heavy (non-hydrogen) atoms. The Labute approximate surface area is 107 Å². The fraction of sp³-hybridized carbons (Fsp3) is 1.00. The summed E-state index contributed by atoms with van der Waals surface area (Å²) in [5, 5.41) is 0. The van der Waals surface area contributed by atoms with Gasteiger partial charge in [0.05, 0.1) is 0 Å². The van der Waals surface area contributed by atoms with E-state index in [1.807, 2.05) is 0 Å². The lowest BCUT2D eigenvalue weighted by Crippen LogP contribution is -2.34. The maximum atomic E-state index is 6.00. The highest BCUT2D eigenvalue weighted by molar-refractivity contribution is 4.85. The zero-order chi connectivity index (χ0) is 12.5. The average molecular weight is 238 g/mol. The molecule has 2 fully saturated rings. The molecule has 0 aromatic heterocycles. The predicted molar refractivity (Wildman–Crippen MR) is 73.9 cm³/mol. The monoisotopic (exact) mass is 238 g/mol. The van der Waals surface area contributed by atoms with Crippen LogP contribution in [0, 0.1) is 17.3 Å². The Morgan fingerprint density at radius 3 is 2.41 bits per heavy atom. The van der Waals surface area contributed by atoms with E-state index >= 15 is 0 Å². The fourth-order valence-electron chi connectivity index (χ4n) is 3.46. The molecule has 2 N–H and O–H groups in total. The number of likely N-dealkylation sites (tertiary alicyclic amines) is 1. The van der Waals surface area contributed by atoms with E-state index in [1.54, 1.807) is 0 Å². The molecule has 1 heterocycles. The second-order valence-electron chi connectivity index (χ2n) is 7.28. The summed E-state index contributed by atoms with van der Waals surface area (Å²) in [4.78, 5) is 2.66. The van der Waals surface area contributed by atoms with Gasteiger partial charge in [-0.3, -0.25) is 0 Å². The highest BCUT2D eigenvalue weighted by Gasteiger charge is 2.30. The van der Waals surface area contributed by atoms with Crippen LogP contribution in [-0.4, -0.2) is 30.6 Å². The van der Waals surface area contributed by atoms with Crippen molar-refractivity contribution in [1.82, 2.24) is 4.90 Å². The maximum Gasteiger partial charge on any atom is 0.00514 e. The minimum Gasteiger partial charge on any atom is -0.328 e. The van der Waals surface area contributed by atoms with Crippen molar-refractivity contribution in [2.24, 2.45) is 23.0 Å². The van der Waals surface area contributed by atoms with E-state index < -0.39 is 0 Å². The lowest BCUT2D eigenvalue weighted by Gasteiger charge is -2.36. The van der Waals surface area contributed by atoms with E-state index in [0.29, 0.717) is 11.5 Å². The van der Waals surface area contributed by atoms with Gasteiger partial charge in [0.15, 0.2) is 0 Å². The van der Waals surface area contributed by atoms with E-state index in [0.717, 1.165) is 11.8 Å². The van der Waals surface area contributed by atoms with Crippen LogP contribution in [0.3, 0.4) is 0 Å². The molecular weight excluding hydrogens is 208 g/mol. The van der Waals surface area contributed by atoms with Crippen molar-refractivity contribution in [1.29, 1.82) is 0 Å². The highest BCUT2D eigenvalue weighted by atomic mass is 15.1. The third-order valence-electron chi connectivity index (χ3n) is 5.03. The minimum atomic E-state index is 0.380. The van der Waals surface area contributed by atoms with Crippen molar-refractivity contribution in [3.8, 4) is 0 Å². The van der Waals surface area contributed by atoms with Gasteiger partial charge in [0, 0.05) is 19.1 Å². The normalized spacial score (nSPS) is 32.8. The summed E-state index contributed by atoms with van der Waals surface area (Å²) >= 11 is 0. The molecule has 0 aromatic carbocycles. The Hall–Kier alpha value is -0.0800. The zero-order valence-corrected chi connectivity index (χ0v) is 11.9. The van der Waals surface area contributed by atoms with Gasteiger partial charge in [-0.1, -0.05) is 13.8 Å². The molecule has 2 nitrogen and oxygen atoms in total. The summed E-state index contributed by atoms with van der Waals surface area (Å²) in [5.41, 5.74) is 6.61. The molecule has 1 aliphatic heterocycles. The molecule has 2 atom stereocenters. The Kier molecular flexibility index (Phi) is 4.14. The van der Waals surface area contributed by atoms with Crippen LogP contribution >= 0.6 is 0 Å². The third kappa shape index (κ3) is 3.69. The van der Waals surface area contributed by atoms with Gasteiger partial charge in [-0.2, -0.15) is 0 Å². The van der Waals surface area contributed by atoms with Crippen LogP contribution in [0.5, 0.6) is 0 Å². The second-order valence-corrected chi connectivity index (χ2v) is 7.28. The summed E-state index contributed by atoms with van der Waals surface area (Å²) in [7, 11) is 0. The van der Waals surface area contributed by atoms with Crippen LogP contribution in [0.2, 0.25) is 0 Å². The van der Waals surface area contributed by atoms with Gasteiger partial charge in [-0.05, 0) is 62.8 Å². The number of nitrogens with zero attached hydrogens (tertiary/aromatic N) is 1. The van der Waals surface area contributed by atoms with E-state index in [4.69, 9.17) is 5.73 Å². The van der Waals surface area contributed by atoms with Crippen LogP contribution in [0.1, 0.15) is 52.9 Å². The van der Waals surface area contributed by atoms with Crippen LogP contribution < -0.4 is 5.73 Å². The summed E-state index contributed by atoms with van der Waals surface area (Å²) in [6.45, 7) is 10.9. The van der Waals surface area contributed by atoms with Crippen LogP contribution in [0.25, 0.3) is 0 Å². The minimum absolute atomic E-state index is 0.380. The first-order valence-corrected chi connectivity index (χ1v) is 7.44. The van der Waals surface area contributed by atoms with Gasteiger partial charge in [-0.15, -0.1) is 0 Å². The lowest BCUT2D eigenvalue weighted by molar-refractivity contribution is 0.154. The van der Waals surface area contributed by atoms with Crippen LogP contribution in [0.4, 0.5) is 0 Å². The molecule has 0 aromatic rings. The van der Waals surface area contributed by atoms with E-state index in [-0.39, 0.29) is 0 Å². The lowest BCUT2D eigenvalue weighted by atomic mass is 9.73. The molecule has 2 aliphatic rings. The van der Waals surface area contributed by atoms with E-state index in [2.05, 4.69) is 25.7 Å². The number of nitrogens with two attached hydrogens (primary N) is 1. The first-order valence-electron chi connectivity index (χ1n) is 7.44. The van der Waals surface area contributed by atoms with Crippen molar-refractivity contribution < 1.29 is 0 Å². The van der Waals surface area contributed by atoms with Gasteiger partial charge >= 0.3 is 0 Å². The van der Waals surface area contributed by atoms with Gasteiger partial charge in [0.1, 0.15) is 0 Å². The smallest absolute Gasteiger partial charge is 0.00514 e. The molecule has 2 heteroatoms. The Bertz CT molecular complexity index is 237. The molecular formula is C15H30N2. The summed E-state index contributed by atoms with van der Waals surface area (Å²) in [6.07, 6.45) is 7.03. The topological polar surface area (TPSA) is 29.3 Å². The van der Waals surface area contributed by atoms with Gasteiger partial charge in [0.25, 0.3) is 0 Å². The van der Waals surface area contributed by atoms with Gasteiger partial charge in [0.2, 0.25) is 0 Å².